The fraction of sp³-hybridized carbons (Fsp3) is 0.364. The van der Waals surface area contributed by atoms with Gasteiger partial charge in [0.2, 0.25) is 0 Å². The fourth-order valence-electron chi connectivity index (χ4n) is 4.32. The summed E-state index contributed by atoms with van der Waals surface area (Å²) in [5.41, 5.74) is 3.94. The van der Waals surface area contributed by atoms with Crippen LogP contribution in [0.4, 0.5) is 0 Å². The molecule has 0 saturated carbocycles. The van der Waals surface area contributed by atoms with Gasteiger partial charge in [-0.2, -0.15) is 0 Å². The van der Waals surface area contributed by atoms with Crippen LogP contribution in [-0.4, -0.2) is 60.0 Å². The maximum Gasteiger partial charge on any atom is 0.264 e. The lowest BCUT2D eigenvalue weighted by molar-refractivity contribution is -0.136. The van der Waals surface area contributed by atoms with E-state index in [0.29, 0.717) is 17.5 Å². The fourth-order valence-corrected chi connectivity index (χ4v) is 5.44. The van der Waals surface area contributed by atoms with Crippen LogP contribution < -0.4 is 4.74 Å². The number of thiophene rings is 1. The number of amides is 1. The zero-order valence-corrected chi connectivity index (χ0v) is 18.0. The van der Waals surface area contributed by atoms with Crippen molar-refractivity contribution in [3.8, 4) is 16.9 Å². The number of hydrogen-bond donors (Lipinski definition) is 0. The van der Waals surface area contributed by atoms with Crippen LogP contribution in [0.15, 0.2) is 35.8 Å². The third kappa shape index (κ3) is 3.29. The normalized spacial score (nSPS) is 21.0. The van der Waals surface area contributed by atoms with Crippen molar-refractivity contribution in [3.63, 3.8) is 0 Å². The van der Waals surface area contributed by atoms with E-state index in [1.807, 2.05) is 34.5 Å². The van der Waals surface area contributed by atoms with Crippen molar-refractivity contribution in [2.75, 3.05) is 27.2 Å². The molecule has 150 valence electrons. The van der Waals surface area contributed by atoms with E-state index in [1.54, 1.807) is 17.5 Å². The number of carbonyl (C=O) groups is 1. The molecule has 3 aromatic rings. The number of pyridine rings is 1. The maximum atomic E-state index is 13.1. The topological polar surface area (TPSA) is 45.7 Å². The van der Waals surface area contributed by atoms with Crippen molar-refractivity contribution in [2.24, 2.45) is 0 Å². The first-order valence-electron chi connectivity index (χ1n) is 9.78. The van der Waals surface area contributed by atoms with Crippen LogP contribution in [0, 0.1) is 0 Å². The lowest BCUT2D eigenvalue weighted by atomic mass is 10.0. The van der Waals surface area contributed by atoms with Gasteiger partial charge in [0.1, 0.15) is 5.75 Å². The second kappa shape index (κ2) is 7.27. The predicted molar refractivity (Wildman–Crippen MR) is 117 cm³/mol. The lowest BCUT2D eigenvalue weighted by Crippen LogP contribution is -2.41. The molecule has 1 fully saturated rings. The molecule has 2 atom stereocenters. The van der Waals surface area contributed by atoms with E-state index < -0.39 is 6.10 Å². The second-order valence-corrected chi connectivity index (χ2v) is 9.29. The van der Waals surface area contributed by atoms with E-state index in [-0.39, 0.29) is 5.91 Å². The molecular weight excluding hydrogens is 406 g/mol. The van der Waals surface area contributed by atoms with Crippen molar-refractivity contribution < 1.29 is 9.53 Å². The highest BCUT2D eigenvalue weighted by Crippen LogP contribution is 2.44. The van der Waals surface area contributed by atoms with Gasteiger partial charge in [-0.1, -0.05) is 11.6 Å². The molecule has 29 heavy (non-hydrogen) atoms. The van der Waals surface area contributed by atoms with Gasteiger partial charge in [-0.25, -0.2) is 0 Å². The first kappa shape index (κ1) is 18.9. The van der Waals surface area contributed by atoms with Gasteiger partial charge in [-0.05, 0) is 50.2 Å². The van der Waals surface area contributed by atoms with Crippen molar-refractivity contribution in [3.05, 3.63) is 46.4 Å². The Morgan fingerprint density at radius 3 is 2.97 bits per heavy atom. The Hall–Kier alpha value is -2.15. The van der Waals surface area contributed by atoms with Gasteiger partial charge in [-0.3, -0.25) is 9.78 Å². The molecule has 1 aromatic carbocycles. The number of aromatic nitrogens is 1. The van der Waals surface area contributed by atoms with Crippen molar-refractivity contribution in [1.82, 2.24) is 14.8 Å². The number of rotatable bonds is 3. The maximum absolute atomic E-state index is 13.1. The number of carbonyl (C=O) groups excluding carboxylic acids is 1. The average Bonchev–Trinajstić information content (AvgIpc) is 3.44. The van der Waals surface area contributed by atoms with Gasteiger partial charge in [0.05, 0.1) is 10.2 Å². The summed E-state index contributed by atoms with van der Waals surface area (Å²) in [5, 5.41) is 2.69. The summed E-state index contributed by atoms with van der Waals surface area (Å²) in [4.78, 5) is 21.7. The molecule has 0 bridgehead atoms. The minimum atomic E-state index is -0.483. The molecule has 0 N–H and O–H groups in total. The molecule has 5 rings (SSSR count). The number of likely N-dealkylation sites (N-methyl/N-ethyl adjacent to an activating group) is 1. The summed E-state index contributed by atoms with van der Waals surface area (Å²) in [6, 6.07) is 8.27. The number of halogens is 1. The summed E-state index contributed by atoms with van der Waals surface area (Å²) < 4.78 is 7.36. The first-order chi connectivity index (χ1) is 14.0. The van der Waals surface area contributed by atoms with Crippen molar-refractivity contribution in [2.45, 2.75) is 25.0 Å². The van der Waals surface area contributed by atoms with Crippen LogP contribution in [0.5, 0.6) is 5.75 Å². The van der Waals surface area contributed by atoms with Crippen LogP contribution in [0.2, 0.25) is 5.02 Å². The number of hydrogen-bond acceptors (Lipinski definition) is 5. The summed E-state index contributed by atoms with van der Waals surface area (Å²) in [5.74, 6) is 0.848. The number of fused-ring (bicyclic) bond motifs is 2. The van der Waals surface area contributed by atoms with Crippen LogP contribution >= 0.6 is 22.9 Å². The van der Waals surface area contributed by atoms with Crippen LogP contribution in [0.3, 0.4) is 0 Å². The molecule has 7 heteroatoms. The average molecular weight is 428 g/mol. The van der Waals surface area contributed by atoms with Crippen LogP contribution in [-0.2, 0) is 11.2 Å². The van der Waals surface area contributed by atoms with Crippen LogP contribution in [0.25, 0.3) is 21.3 Å². The SMILES string of the molecule is CN(C)[C@@H]1CCN(C(=O)[C@H]2Cc3cc(Cl)cc(-c4ccnc5ccsc45)c3O2)C1. The Balaban J connectivity index is 1.46. The van der Waals surface area contributed by atoms with Crippen molar-refractivity contribution in [1.29, 1.82) is 0 Å². The Labute approximate surface area is 178 Å². The molecular formula is C22H22ClN3O2S. The highest BCUT2D eigenvalue weighted by molar-refractivity contribution is 7.17. The smallest absolute Gasteiger partial charge is 0.264 e. The molecule has 2 aromatic heterocycles. The monoisotopic (exact) mass is 427 g/mol. The Bertz CT molecular complexity index is 1100. The third-order valence-corrected chi connectivity index (χ3v) is 7.07. The van der Waals surface area contributed by atoms with Gasteiger partial charge >= 0.3 is 0 Å². The number of benzene rings is 1. The summed E-state index contributed by atoms with van der Waals surface area (Å²) in [7, 11) is 4.13. The quantitative estimate of drug-likeness (QED) is 0.631. The standard InChI is InChI=1S/C22H22ClN3O2S/c1-25(2)15-4-7-26(12-15)22(27)19-10-13-9-14(23)11-17(20(13)28-19)16-3-6-24-18-5-8-29-21(16)18/h3,5-6,8-9,11,15,19H,4,7,10,12H2,1-2H3/t15-,19-/m1/s1. The minimum absolute atomic E-state index is 0.0728. The van der Waals surface area contributed by atoms with E-state index >= 15 is 0 Å². The van der Waals surface area contributed by atoms with Gasteiger partial charge in [-0.15, -0.1) is 11.3 Å². The van der Waals surface area contributed by atoms with Crippen molar-refractivity contribution >= 4 is 39.1 Å². The second-order valence-electron chi connectivity index (χ2n) is 7.94. The van der Waals surface area contributed by atoms with Crippen LogP contribution in [0.1, 0.15) is 12.0 Å². The summed E-state index contributed by atoms with van der Waals surface area (Å²) in [6.07, 6.45) is 2.89. The number of ether oxygens (including phenoxy) is 1. The zero-order chi connectivity index (χ0) is 20.1. The predicted octanol–water partition coefficient (Wildman–Crippen LogP) is 4.08. The van der Waals surface area contributed by atoms with E-state index in [2.05, 4.69) is 24.0 Å². The molecule has 0 radical (unpaired) electrons. The lowest BCUT2D eigenvalue weighted by Gasteiger charge is -2.22. The summed E-state index contributed by atoms with van der Waals surface area (Å²) in [6.45, 7) is 1.54. The summed E-state index contributed by atoms with van der Waals surface area (Å²) >= 11 is 8.09. The minimum Gasteiger partial charge on any atom is -0.479 e. The van der Waals surface area contributed by atoms with E-state index in [0.717, 1.165) is 52.2 Å². The Morgan fingerprint density at radius 1 is 1.31 bits per heavy atom. The highest BCUT2D eigenvalue weighted by atomic mass is 35.5. The van der Waals surface area contributed by atoms with Gasteiger partial charge < -0.3 is 14.5 Å². The van der Waals surface area contributed by atoms with E-state index in [1.165, 1.54) is 0 Å². The molecule has 2 aliphatic rings. The Morgan fingerprint density at radius 2 is 2.17 bits per heavy atom. The molecule has 1 amide bonds. The number of likely N-dealkylation sites (tertiary alicyclic amines) is 1. The van der Waals surface area contributed by atoms with Gasteiger partial charge in [0.15, 0.2) is 6.10 Å². The largest absolute Gasteiger partial charge is 0.479 e. The van der Waals surface area contributed by atoms with Gasteiger partial charge in [0.25, 0.3) is 5.91 Å². The molecule has 5 nitrogen and oxygen atoms in total. The Kier molecular flexibility index (Phi) is 4.73. The van der Waals surface area contributed by atoms with Gasteiger partial charge in [0, 0.05) is 53.5 Å². The molecule has 1 saturated heterocycles. The molecule has 0 spiro atoms. The third-order valence-electron chi connectivity index (χ3n) is 5.91. The zero-order valence-electron chi connectivity index (χ0n) is 16.4. The first-order valence-corrected chi connectivity index (χ1v) is 11.0. The molecule has 2 aliphatic heterocycles. The van der Waals surface area contributed by atoms with E-state index in [9.17, 15) is 4.79 Å². The molecule has 0 unspecified atom stereocenters. The molecule has 4 heterocycles. The number of nitrogens with zero attached hydrogens (tertiary/aromatic N) is 3. The highest BCUT2D eigenvalue weighted by Gasteiger charge is 2.37. The molecule has 0 aliphatic carbocycles. The van der Waals surface area contributed by atoms with E-state index in [4.69, 9.17) is 16.3 Å².